The quantitative estimate of drug-likeness (QED) is 0.395. The van der Waals surface area contributed by atoms with E-state index in [4.69, 9.17) is 9.47 Å². The fraction of sp³-hybridized carbons (Fsp3) is 0.464. The van der Waals surface area contributed by atoms with Crippen molar-refractivity contribution >= 4 is 36.2 Å². The maximum absolute atomic E-state index is 13.8. The number of ether oxygens (including phenoxy) is 2. The lowest BCUT2D eigenvalue weighted by Crippen LogP contribution is -2.55. The van der Waals surface area contributed by atoms with Crippen LogP contribution in [0.5, 0.6) is 5.75 Å². The number of aryl methyl sites for hydroxylation is 2. The maximum atomic E-state index is 13.8. The number of methoxy groups -OCH3 is 1. The smallest absolute Gasteiger partial charge is 0.408 e. The van der Waals surface area contributed by atoms with Gasteiger partial charge in [-0.05, 0) is 89.4 Å². The molecular formula is C28H39N3O5S. The van der Waals surface area contributed by atoms with Gasteiger partial charge in [-0.2, -0.15) is 12.6 Å². The summed E-state index contributed by atoms with van der Waals surface area (Å²) in [5.41, 5.74) is 2.56. The molecule has 37 heavy (non-hydrogen) atoms. The fourth-order valence-corrected chi connectivity index (χ4v) is 4.00. The molecule has 2 aromatic rings. The summed E-state index contributed by atoms with van der Waals surface area (Å²) in [6.07, 6.45) is -0.728. The van der Waals surface area contributed by atoms with Crippen molar-refractivity contribution in [1.82, 2.24) is 10.2 Å². The Morgan fingerprint density at radius 1 is 1.00 bits per heavy atom. The van der Waals surface area contributed by atoms with E-state index in [0.29, 0.717) is 17.0 Å². The van der Waals surface area contributed by atoms with E-state index < -0.39 is 29.7 Å². The number of thiol groups is 1. The lowest BCUT2D eigenvalue weighted by atomic mass is 9.97. The molecule has 2 atom stereocenters. The number of nitrogens with zero attached hydrogens (tertiary/aromatic N) is 1. The molecule has 2 aromatic carbocycles. The molecule has 0 saturated carbocycles. The van der Waals surface area contributed by atoms with Crippen molar-refractivity contribution in [3.63, 3.8) is 0 Å². The molecule has 0 aliphatic rings. The number of hydrogen-bond acceptors (Lipinski definition) is 6. The van der Waals surface area contributed by atoms with Gasteiger partial charge in [0.15, 0.2) is 0 Å². The standard InChI is InChI=1S/C28H39N3O5S/c1-17(2)31(26(33)23(16-37)30-27(34)36-28(5,6)7)24(20-10-9-18(3)19(4)15-20)25(32)29-21-11-13-22(35-8)14-12-21/h9-15,17,23-24,37H,16H2,1-8H3,(H,29,32)(H,30,34). The van der Waals surface area contributed by atoms with Crippen LogP contribution in [0.2, 0.25) is 0 Å². The molecule has 202 valence electrons. The first-order valence-electron chi connectivity index (χ1n) is 12.2. The van der Waals surface area contributed by atoms with E-state index in [2.05, 4.69) is 23.3 Å². The molecule has 0 fully saturated rings. The third-order valence-electron chi connectivity index (χ3n) is 5.71. The number of rotatable bonds is 9. The highest BCUT2D eigenvalue weighted by Crippen LogP contribution is 2.28. The number of nitrogens with one attached hydrogen (secondary N) is 2. The minimum absolute atomic E-state index is 0.0288. The zero-order valence-corrected chi connectivity index (χ0v) is 23.8. The van der Waals surface area contributed by atoms with Gasteiger partial charge in [-0.15, -0.1) is 0 Å². The molecule has 2 rings (SSSR count). The third-order valence-corrected chi connectivity index (χ3v) is 6.08. The average Bonchev–Trinajstić information content (AvgIpc) is 2.81. The summed E-state index contributed by atoms with van der Waals surface area (Å²) in [6.45, 7) is 12.8. The second-order valence-corrected chi connectivity index (χ2v) is 10.5. The molecule has 0 bridgehead atoms. The van der Waals surface area contributed by atoms with Crippen LogP contribution in [-0.4, -0.2) is 53.4 Å². The Kier molecular flexibility index (Phi) is 10.4. The van der Waals surface area contributed by atoms with E-state index in [9.17, 15) is 14.4 Å². The molecule has 0 aromatic heterocycles. The molecule has 8 nitrogen and oxygen atoms in total. The summed E-state index contributed by atoms with van der Waals surface area (Å²) in [4.78, 5) is 41.5. The Bertz CT molecular complexity index is 1100. The number of amides is 3. The summed E-state index contributed by atoms with van der Waals surface area (Å²) in [7, 11) is 1.57. The summed E-state index contributed by atoms with van der Waals surface area (Å²) in [5.74, 6) is -0.136. The molecule has 3 amide bonds. The molecular weight excluding hydrogens is 490 g/mol. The molecule has 0 spiro atoms. The minimum Gasteiger partial charge on any atom is -0.497 e. The van der Waals surface area contributed by atoms with Crippen molar-refractivity contribution in [2.45, 2.75) is 72.2 Å². The van der Waals surface area contributed by atoms with E-state index in [1.54, 1.807) is 52.1 Å². The van der Waals surface area contributed by atoms with Gasteiger partial charge in [-0.25, -0.2) is 4.79 Å². The van der Waals surface area contributed by atoms with Crippen LogP contribution in [0.1, 0.15) is 57.4 Å². The predicted molar refractivity (Wildman–Crippen MR) is 149 cm³/mol. The number of carbonyl (C=O) groups excluding carboxylic acids is 3. The van der Waals surface area contributed by atoms with Gasteiger partial charge in [0.25, 0.3) is 5.91 Å². The van der Waals surface area contributed by atoms with Crippen LogP contribution in [0.3, 0.4) is 0 Å². The van der Waals surface area contributed by atoms with Crippen molar-refractivity contribution in [2.24, 2.45) is 0 Å². The van der Waals surface area contributed by atoms with Crippen molar-refractivity contribution in [1.29, 1.82) is 0 Å². The van der Waals surface area contributed by atoms with E-state index in [1.165, 1.54) is 4.90 Å². The summed E-state index contributed by atoms with van der Waals surface area (Å²) < 4.78 is 10.5. The summed E-state index contributed by atoms with van der Waals surface area (Å²) >= 11 is 4.31. The van der Waals surface area contributed by atoms with Crippen LogP contribution < -0.4 is 15.4 Å². The molecule has 0 aliphatic carbocycles. The third kappa shape index (κ3) is 8.42. The molecule has 0 heterocycles. The van der Waals surface area contributed by atoms with Crippen molar-refractivity contribution in [3.05, 3.63) is 59.2 Å². The minimum atomic E-state index is -0.997. The molecule has 0 aliphatic heterocycles. The van der Waals surface area contributed by atoms with Crippen molar-refractivity contribution in [2.75, 3.05) is 18.2 Å². The van der Waals surface area contributed by atoms with E-state index in [-0.39, 0.29) is 17.7 Å². The summed E-state index contributed by atoms with van der Waals surface area (Å²) in [5, 5.41) is 5.54. The van der Waals surface area contributed by atoms with Crippen LogP contribution in [-0.2, 0) is 14.3 Å². The number of benzene rings is 2. The Morgan fingerprint density at radius 3 is 2.11 bits per heavy atom. The lowest BCUT2D eigenvalue weighted by molar-refractivity contribution is -0.142. The molecule has 2 unspecified atom stereocenters. The van der Waals surface area contributed by atoms with Gasteiger partial charge in [-0.3, -0.25) is 9.59 Å². The Balaban J connectivity index is 2.48. The van der Waals surface area contributed by atoms with E-state index in [1.807, 2.05) is 45.9 Å². The van der Waals surface area contributed by atoms with Crippen molar-refractivity contribution in [3.8, 4) is 5.75 Å². The monoisotopic (exact) mass is 529 g/mol. The second kappa shape index (κ2) is 12.9. The lowest BCUT2D eigenvalue weighted by Gasteiger charge is -2.37. The Hall–Kier alpha value is -3.20. The Labute approximate surface area is 225 Å². The number of alkyl carbamates (subject to hydrolysis) is 1. The number of hydrogen-bond donors (Lipinski definition) is 3. The van der Waals surface area contributed by atoms with Gasteiger partial charge in [0.05, 0.1) is 7.11 Å². The van der Waals surface area contributed by atoms with Crippen LogP contribution >= 0.6 is 12.6 Å². The second-order valence-electron chi connectivity index (χ2n) is 10.2. The molecule has 9 heteroatoms. The first kappa shape index (κ1) is 30.0. The predicted octanol–water partition coefficient (Wildman–Crippen LogP) is 5.05. The first-order chi connectivity index (χ1) is 17.3. The largest absolute Gasteiger partial charge is 0.497 e. The van der Waals surface area contributed by atoms with Gasteiger partial charge in [0, 0.05) is 17.5 Å². The van der Waals surface area contributed by atoms with Crippen LogP contribution in [0, 0.1) is 13.8 Å². The number of carbonyl (C=O) groups is 3. The maximum Gasteiger partial charge on any atom is 0.408 e. The highest BCUT2D eigenvalue weighted by molar-refractivity contribution is 7.80. The van der Waals surface area contributed by atoms with Gasteiger partial charge in [0.1, 0.15) is 23.4 Å². The van der Waals surface area contributed by atoms with E-state index >= 15 is 0 Å². The Morgan fingerprint density at radius 2 is 1.62 bits per heavy atom. The molecule has 0 radical (unpaired) electrons. The average molecular weight is 530 g/mol. The zero-order chi connectivity index (χ0) is 27.9. The van der Waals surface area contributed by atoms with Gasteiger partial charge in [0.2, 0.25) is 5.91 Å². The normalized spacial score (nSPS) is 12.9. The van der Waals surface area contributed by atoms with E-state index in [0.717, 1.165) is 11.1 Å². The number of anilines is 1. The zero-order valence-electron chi connectivity index (χ0n) is 22.9. The van der Waals surface area contributed by atoms with Crippen LogP contribution in [0.15, 0.2) is 42.5 Å². The topological polar surface area (TPSA) is 97.0 Å². The molecule has 2 N–H and O–H groups in total. The van der Waals surface area contributed by atoms with Crippen molar-refractivity contribution < 1.29 is 23.9 Å². The van der Waals surface area contributed by atoms with Gasteiger partial charge < -0.3 is 25.0 Å². The van der Waals surface area contributed by atoms with Gasteiger partial charge in [-0.1, -0.05) is 18.2 Å². The molecule has 0 saturated heterocycles. The van der Waals surface area contributed by atoms with Crippen LogP contribution in [0.25, 0.3) is 0 Å². The van der Waals surface area contributed by atoms with Gasteiger partial charge >= 0.3 is 6.09 Å². The first-order valence-corrected chi connectivity index (χ1v) is 12.8. The highest BCUT2D eigenvalue weighted by Gasteiger charge is 2.37. The fourth-order valence-electron chi connectivity index (χ4n) is 3.75. The summed E-state index contributed by atoms with van der Waals surface area (Å²) in [6, 6.07) is 10.3. The van der Waals surface area contributed by atoms with Crippen LogP contribution in [0.4, 0.5) is 10.5 Å². The highest BCUT2D eigenvalue weighted by atomic mass is 32.1. The SMILES string of the molecule is COc1ccc(NC(=O)C(c2ccc(C)c(C)c2)N(C(=O)C(CS)NC(=O)OC(C)(C)C)C(C)C)cc1.